The molecule has 0 heterocycles. The summed E-state index contributed by atoms with van der Waals surface area (Å²) in [5, 5.41) is 3.88. The van der Waals surface area contributed by atoms with Gasteiger partial charge in [-0.1, -0.05) is 42.5 Å². The summed E-state index contributed by atoms with van der Waals surface area (Å²) >= 11 is 12.7. The summed E-state index contributed by atoms with van der Waals surface area (Å²) in [6, 6.07) is 11.8. The van der Waals surface area contributed by atoms with Crippen LogP contribution in [0.4, 0.5) is 0 Å². The molecule has 4 heteroatoms. The standard InChI is InChI=1S/C25H35ClN2S/c26-14-22-18-10-24(20-4-2-1-3-5-20)11-19(22)13-25(12-18,16-24)23(29)28-21-8-6-17(15-27)7-9-21/h1-5,17-19,21-22H,6-16,27H2,(H,28,29). The molecule has 0 radical (unpaired) electrons. The molecule has 158 valence electrons. The lowest BCUT2D eigenvalue weighted by atomic mass is 9.40. The lowest BCUT2D eigenvalue weighted by Gasteiger charge is -2.65. The first-order valence-corrected chi connectivity index (χ1v) is 12.6. The lowest BCUT2D eigenvalue weighted by molar-refractivity contribution is -0.0737. The number of nitrogens with one attached hydrogen (secondary N) is 1. The first-order valence-electron chi connectivity index (χ1n) is 11.7. The predicted molar refractivity (Wildman–Crippen MR) is 125 cm³/mol. The molecule has 29 heavy (non-hydrogen) atoms. The van der Waals surface area contributed by atoms with Gasteiger partial charge in [0.05, 0.1) is 4.99 Å². The molecule has 0 aliphatic heterocycles. The maximum Gasteiger partial charge on any atom is 0.0818 e. The predicted octanol–water partition coefficient (Wildman–Crippen LogP) is 5.42. The van der Waals surface area contributed by atoms with Gasteiger partial charge in [0.1, 0.15) is 0 Å². The van der Waals surface area contributed by atoms with E-state index in [4.69, 9.17) is 29.6 Å². The molecular weight excluding hydrogens is 396 g/mol. The minimum absolute atomic E-state index is 0.185. The lowest BCUT2D eigenvalue weighted by Crippen LogP contribution is -2.62. The van der Waals surface area contributed by atoms with Crippen LogP contribution in [0.1, 0.15) is 63.4 Å². The number of thiocarbonyl (C=S) groups is 1. The van der Waals surface area contributed by atoms with E-state index in [1.54, 1.807) is 0 Å². The van der Waals surface area contributed by atoms with Gasteiger partial charge in [0, 0.05) is 17.3 Å². The van der Waals surface area contributed by atoms with Gasteiger partial charge in [-0.25, -0.2) is 0 Å². The number of benzene rings is 1. The van der Waals surface area contributed by atoms with E-state index in [0.717, 1.165) is 24.3 Å². The van der Waals surface area contributed by atoms with Crippen LogP contribution in [0.3, 0.4) is 0 Å². The van der Waals surface area contributed by atoms with E-state index >= 15 is 0 Å². The van der Waals surface area contributed by atoms with Crippen LogP contribution >= 0.6 is 23.8 Å². The Hall–Kier alpha value is -0.640. The average Bonchev–Trinajstić information content (AvgIpc) is 2.74. The molecule has 3 N–H and O–H groups in total. The van der Waals surface area contributed by atoms with Gasteiger partial charge in [-0.3, -0.25) is 0 Å². The quantitative estimate of drug-likeness (QED) is 0.483. The topological polar surface area (TPSA) is 38.0 Å². The first kappa shape index (κ1) is 20.3. The fourth-order valence-electron chi connectivity index (χ4n) is 7.77. The average molecular weight is 431 g/mol. The van der Waals surface area contributed by atoms with Gasteiger partial charge in [-0.15, -0.1) is 11.6 Å². The van der Waals surface area contributed by atoms with Crippen LogP contribution in [-0.4, -0.2) is 23.5 Å². The third kappa shape index (κ3) is 3.46. The number of nitrogens with two attached hydrogens (primary N) is 1. The summed E-state index contributed by atoms with van der Waals surface area (Å²) in [5.41, 5.74) is 7.92. The minimum atomic E-state index is 0.185. The van der Waals surface area contributed by atoms with Gasteiger partial charge >= 0.3 is 0 Å². The molecule has 5 fully saturated rings. The summed E-state index contributed by atoms with van der Waals surface area (Å²) in [4.78, 5) is 1.18. The van der Waals surface area contributed by atoms with E-state index in [2.05, 4.69) is 35.6 Å². The third-order valence-corrected chi connectivity index (χ3v) is 9.97. The fraction of sp³-hybridized carbons (Fsp3) is 0.720. The Bertz CT molecular complexity index is 726. The van der Waals surface area contributed by atoms with Crippen LogP contribution in [-0.2, 0) is 5.41 Å². The second kappa shape index (κ2) is 7.80. The van der Waals surface area contributed by atoms with Gasteiger partial charge in [-0.2, -0.15) is 0 Å². The van der Waals surface area contributed by atoms with Crippen LogP contribution in [0.15, 0.2) is 30.3 Å². The summed E-state index contributed by atoms with van der Waals surface area (Å²) in [6.07, 6.45) is 11.3. The molecule has 0 saturated heterocycles. The maximum atomic E-state index is 6.49. The first-order chi connectivity index (χ1) is 14.1. The highest BCUT2D eigenvalue weighted by Gasteiger charge is 2.62. The summed E-state index contributed by atoms with van der Waals surface area (Å²) in [6.45, 7) is 0.837. The Morgan fingerprint density at radius 3 is 2.28 bits per heavy atom. The molecule has 5 saturated carbocycles. The van der Waals surface area contributed by atoms with Crippen LogP contribution in [0.5, 0.6) is 0 Å². The second-order valence-corrected chi connectivity index (χ2v) is 11.4. The largest absolute Gasteiger partial charge is 0.376 e. The zero-order chi connectivity index (χ0) is 20.1. The van der Waals surface area contributed by atoms with Gasteiger partial charge in [0.2, 0.25) is 0 Å². The van der Waals surface area contributed by atoms with E-state index in [1.807, 2.05) is 0 Å². The SMILES string of the molecule is NCC1CCC(NC(=S)C23CC4CC(c5ccccc5)(CC(C2)C4CCl)C3)CC1. The number of rotatable bonds is 5. The molecule has 1 aromatic carbocycles. The number of hydrogen-bond acceptors (Lipinski definition) is 2. The molecule has 5 aliphatic rings. The maximum absolute atomic E-state index is 6.49. The molecule has 4 bridgehead atoms. The van der Waals surface area contributed by atoms with Crippen LogP contribution < -0.4 is 11.1 Å². The van der Waals surface area contributed by atoms with Crippen molar-refractivity contribution in [1.29, 1.82) is 0 Å². The van der Waals surface area contributed by atoms with Gasteiger partial charge in [0.25, 0.3) is 0 Å². The van der Waals surface area contributed by atoms with E-state index in [0.29, 0.717) is 23.3 Å². The third-order valence-electron chi connectivity index (χ3n) is 9.06. The molecule has 1 aromatic rings. The van der Waals surface area contributed by atoms with Crippen molar-refractivity contribution in [2.24, 2.45) is 34.8 Å². The monoisotopic (exact) mass is 430 g/mol. The number of alkyl halides is 1. The fourth-order valence-corrected chi connectivity index (χ4v) is 8.68. The molecule has 6 rings (SSSR count). The van der Waals surface area contributed by atoms with Crippen molar-refractivity contribution in [2.45, 2.75) is 69.2 Å². The Morgan fingerprint density at radius 2 is 1.69 bits per heavy atom. The van der Waals surface area contributed by atoms with E-state index < -0.39 is 0 Å². The highest BCUT2D eigenvalue weighted by atomic mass is 35.5. The Morgan fingerprint density at radius 1 is 1.03 bits per heavy atom. The molecule has 2 unspecified atom stereocenters. The minimum Gasteiger partial charge on any atom is -0.376 e. The zero-order valence-corrected chi connectivity index (χ0v) is 19.0. The summed E-state index contributed by atoms with van der Waals surface area (Å²) in [7, 11) is 0. The van der Waals surface area contributed by atoms with Crippen LogP contribution in [0.2, 0.25) is 0 Å². The highest BCUT2D eigenvalue weighted by Crippen LogP contribution is 2.67. The van der Waals surface area contributed by atoms with Crippen molar-refractivity contribution >= 4 is 28.8 Å². The van der Waals surface area contributed by atoms with Crippen molar-refractivity contribution in [1.82, 2.24) is 5.32 Å². The highest BCUT2D eigenvalue weighted by molar-refractivity contribution is 7.80. The van der Waals surface area contributed by atoms with E-state index in [9.17, 15) is 0 Å². The molecule has 0 aromatic heterocycles. The normalized spacial score (nSPS) is 43.3. The molecule has 2 atom stereocenters. The van der Waals surface area contributed by atoms with Crippen molar-refractivity contribution in [2.75, 3.05) is 12.4 Å². The van der Waals surface area contributed by atoms with Crippen LogP contribution in [0.25, 0.3) is 0 Å². The van der Waals surface area contributed by atoms with Crippen LogP contribution in [0, 0.1) is 29.1 Å². The Labute approximate surface area is 186 Å². The van der Waals surface area contributed by atoms with Crippen molar-refractivity contribution < 1.29 is 0 Å². The molecule has 0 spiro atoms. The number of hydrogen-bond donors (Lipinski definition) is 2. The van der Waals surface area contributed by atoms with E-state index in [-0.39, 0.29) is 5.41 Å². The van der Waals surface area contributed by atoms with Gasteiger partial charge in [-0.05, 0) is 99.0 Å². The Kier molecular flexibility index (Phi) is 5.45. The smallest absolute Gasteiger partial charge is 0.0818 e. The van der Waals surface area contributed by atoms with Crippen molar-refractivity contribution in [3.05, 3.63) is 35.9 Å². The second-order valence-electron chi connectivity index (χ2n) is 10.7. The molecule has 5 aliphatic carbocycles. The van der Waals surface area contributed by atoms with Crippen molar-refractivity contribution in [3.63, 3.8) is 0 Å². The molecule has 0 amide bonds. The van der Waals surface area contributed by atoms with Gasteiger partial charge < -0.3 is 11.1 Å². The zero-order valence-electron chi connectivity index (χ0n) is 17.4. The molecule has 2 nitrogen and oxygen atoms in total. The number of halogens is 1. The Balaban J connectivity index is 1.39. The van der Waals surface area contributed by atoms with E-state index in [1.165, 1.54) is 68.3 Å². The van der Waals surface area contributed by atoms with Gasteiger partial charge in [0.15, 0.2) is 0 Å². The summed E-state index contributed by atoms with van der Waals surface area (Å²) < 4.78 is 0. The van der Waals surface area contributed by atoms with Crippen molar-refractivity contribution in [3.8, 4) is 0 Å². The molecular formula is C25H35ClN2S. The summed E-state index contributed by atoms with van der Waals surface area (Å²) in [5.74, 6) is 3.67.